The standard InChI is InChI=1S/C17H42O3Si4/c1-12-13-14-15-16-17(2)24(18-21(3,4)5,19-22(6,7)8)20-23(9,10)11/h2,12-16H2,1,3-11H3. The van der Waals surface area contributed by atoms with E-state index in [0.717, 1.165) is 18.0 Å². The molecule has 0 bridgehead atoms. The van der Waals surface area contributed by atoms with Gasteiger partial charge < -0.3 is 12.3 Å². The second-order valence-corrected chi connectivity index (χ2v) is 26.6. The summed E-state index contributed by atoms with van der Waals surface area (Å²) < 4.78 is 20.1. The lowest BCUT2D eigenvalue weighted by molar-refractivity contribution is 0.263. The molecule has 0 rings (SSSR count). The van der Waals surface area contributed by atoms with Gasteiger partial charge in [-0.15, -0.1) is 0 Å². The van der Waals surface area contributed by atoms with Gasteiger partial charge in [0.2, 0.25) is 0 Å². The summed E-state index contributed by atoms with van der Waals surface area (Å²) >= 11 is 0. The molecular weight excluding hydrogens is 365 g/mol. The SMILES string of the molecule is C=C(CCCCCC)[Si](O[Si](C)(C)C)(O[Si](C)(C)C)O[Si](C)(C)C. The fourth-order valence-electron chi connectivity index (χ4n) is 2.41. The molecule has 0 N–H and O–H groups in total. The Morgan fingerprint density at radius 1 is 0.667 bits per heavy atom. The van der Waals surface area contributed by atoms with Crippen LogP contribution >= 0.6 is 0 Å². The number of unbranched alkanes of at least 4 members (excludes halogenated alkanes) is 3. The average molecular weight is 407 g/mol. The first-order valence-electron chi connectivity index (χ1n) is 9.39. The summed E-state index contributed by atoms with van der Waals surface area (Å²) in [4.78, 5) is 0. The van der Waals surface area contributed by atoms with Gasteiger partial charge in [-0.05, 0) is 77.0 Å². The van der Waals surface area contributed by atoms with Crippen molar-refractivity contribution in [2.45, 2.75) is 98.0 Å². The van der Waals surface area contributed by atoms with E-state index in [1.165, 1.54) is 19.3 Å². The van der Waals surface area contributed by atoms with Gasteiger partial charge in [-0.3, -0.25) is 0 Å². The summed E-state index contributed by atoms with van der Waals surface area (Å²) in [5.41, 5.74) is 0. The van der Waals surface area contributed by atoms with E-state index < -0.39 is 33.8 Å². The molecule has 0 fully saturated rings. The fourth-order valence-corrected chi connectivity index (χ4v) is 15.9. The van der Waals surface area contributed by atoms with Crippen LogP contribution < -0.4 is 0 Å². The lowest BCUT2D eigenvalue weighted by Gasteiger charge is -2.43. The molecular formula is C17H42O3Si4. The summed E-state index contributed by atoms with van der Waals surface area (Å²) in [6.07, 6.45) is 5.89. The van der Waals surface area contributed by atoms with Gasteiger partial charge in [-0.25, -0.2) is 0 Å². The van der Waals surface area contributed by atoms with E-state index in [1.54, 1.807) is 0 Å². The fraction of sp³-hybridized carbons (Fsp3) is 0.882. The predicted molar refractivity (Wildman–Crippen MR) is 117 cm³/mol. The van der Waals surface area contributed by atoms with Crippen LogP contribution in [-0.4, -0.2) is 33.8 Å². The van der Waals surface area contributed by atoms with Gasteiger partial charge in [0.05, 0.1) is 0 Å². The molecule has 0 saturated carbocycles. The maximum atomic E-state index is 6.70. The van der Waals surface area contributed by atoms with Crippen LogP contribution in [0.25, 0.3) is 0 Å². The third-order valence-electron chi connectivity index (χ3n) is 3.09. The van der Waals surface area contributed by atoms with Crippen LogP contribution in [0.1, 0.15) is 39.0 Å². The second kappa shape index (κ2) is 9.43. The quantitative estimate of drug-likeness (QED) is 0.272. The van der Waals surface area contributed by atoms with Crippen molar-refractivity contribution in [1.29, 1.82) is 0 Å². The van der Waals surface area contributed by atoms with Crippen LogP contribution in [0, 0.1) is 0 Å². The maximum Gasteiger partial charge on any atom is 0.500 e. The van der Waals surface area contributed by atoms with Gasteiger partial charge in [-0.1, -0.05) is 32.8 Å². The Labute approximate surface area is 155 Å². The lowest BCUT2D eigenvalue weighted by Crippen LogP contribution is -2.61. The van der Waals surface area contributed by atoms with E-state index in [0.29, 0.717) is 0 Å². The Morgan fingerprint density at radius 3 is 1.33 bits per heavy atom. The Hall–Kier alpha value is 0.488. The van der Waals surface area contributed by atoms with Crippen LogP contribution in [0.2, 0.25) is 58.9 Å². The van der Waals surface area contributed by atoms with Gasteiger partial charge in [0, 0.05) is 0 Å². The van der Waals surface area contributed by atoms with Crippen molar-refractivity contribution >= 4 is 33.8 Å². The van der Waals surface area contributed by atoms with E-state index in [-0.39, 0.29) is 0 Å². The van der Waals surface area contributed by atoms with Crippen molar-refractivity contribution in [1.82, 2.24) is 0 Å². The minimum Gasteiger partial charge on any atom is -0.414 e. The molecule has 0 spiro atoms. The zero-order valence-corrected chi connectivity index (χ0v) is 22.0. The van der Waals surface area contributed by atoms with Crippen molar-refractivity contribution in [3.05, 3.63) is 11.8 Å². The molecule has 0 aliphatic carbocycles. The molecule has 3 nitrogen and oxygen atoms in total. The maximum absolute atomic E-state index is 6.70. The molecule has 0 amide bonds. The van der Waals surface area contributed by atoms with Gasteiger partial charge >= 0.3 is 8.80 Å². The first-order valence-corrected chi connectivity index (χ1v) is 21.3. The topological polar surface area (TPSA) is 27.7 Å². The van der Waals surface area contributed by atoms with E-state index in [9.17, 15) is 0 Å². The molecule has 7 heteroatoms. The summed E-state index contributed by atoms with van der Waals surface area (Å²) in [6.45, 7) is 26.7. The highest BCUT2D eigenvalue weighted by Crippen LogP contribution is 2.32. The van der Waals surface area contributed by atoms with Crippen molar-refractivity contribution in [2.75, 3.05) is 0 Å². The largest absolute Gasteiger partial charge is 0.500 e. The second-order valence-electron chi connectivity index (χ2n) is 9.61. The first-order chi connectivity index (χ1) is 10.6. The lowest BCUT2D eigenvalue weighted by atomic mass is 10.1. The predicted octanol–water partition coefficient (Wildman–Crippen LogP) is 6.55. The smallest absolute Gasteiger partial charge is 0.414 e. The molecule has 0 aliphatic rings. The third-order valence-corrected chi connectivity index (χ3v) is 14.8. The summed E-state index contributed by atoms with van der Waals surface area (Å²) in [7, 11) is -8.32. The zero-order valence-electron chi connectivity index (χ0n) is 18.0. The van der Waals surface area contributed by atoms with E-state index in [1.807, 2.05) is 0 Å². The number of allylic oxidation sites excluding steroid dienone is 1. The Kier molecular flexibility index (Phi) is 9.62. The average Bonchev–Trinajstić information content (AvgIpc) is 2.27. The molecule has 0 radical (unpaired) electrons. The molecule has 0 unspecified atom stereocenters. The summed E-state index contributed by atoms with van der Waals surface area (Å²) in [5.74, 6) is 0. The third kappa shape index (κ3) is 11.2. The van der Waals surface area contributed by atoms with Crippen LogP contribution in [-0.2, 0) is 12.3 Å². The van der Waals surface area contributed by atoms with Crippen molar-refractivity contribution in [3.63, 3.8) is 0 Å². The van der Waals surface area contributed by atoms with E-state index in [4.69, 9.17) is 12.3 Å². The van der Waals surface area contributed by atoms with Gasteiger partial charge in [-0.2, -0.15) is 0 Å². The Morgan fingerprint density at radius 2 is 1.04 bits per heavy atom. The highest BCUT2D eigenvalue weighted by Gasteiger charge is 2.52. The molecule has 0 aromatic heterocycles. The number of hydrogen-bond acceptors (Lipinski definition) is 3. The van der Waals surface area contributed by atoms with E-state index >= 15 is 0 Å². The van der Waals surface area contributed by atoms with Crippen molar-refractivity contribution in [2.24, 2.45) is 0 Å². The first kappa shape index (κ1) is 24.5. The van der Waals surface area contributed by atoms with Gasteiger partial charge in [0.1, 0.15) is 0 Å². The molecule has 0 aliphatic heterocycles. The zero-order chi connectivity index (χ0) is 19.2. The van der Waals surface area contributed by atoms with Crippen LogP contribution in [0.5, 0.6) is 0 Å². The highest BCUT2D eigenvalue weighted by atomic mass is 28.5. The monoisotopic (exact) mass is 406 g/mol. The van der Waals surface area contributed by atoms with Gasteiger partial charge in [0.25, 0.3) is 0 Å². The van der Waals surface area contributed by atoms with Crippen molar-refractivity contribution in [3.8, 4) is 0 Å². The van der Waals surface area contributed by atoms with Crippen LogP contribution in [0.3, 0.4) is 0 Å². The Balaban J connectivity index is 5.57. The number of hydrogen-bond donors (Lipinski definition) is 0. The molecule has 0 atom stereocenters. The number of rotatable bonds is 12. The minimum atomic E-state index is -2.87. The molecule has 0 heterocycles. The molecule has 24 heavy (non-hydrogen) atoms. The van der Waals surface area contributed by atoms with Crippen LogP contribution in [0.4, 0.5) is 0 Å². The molecule has 0 saturated heterocycles. The molecule has 144 valence electrons. The van der Waals surface area contributed by atoms with Crippen molar-refractivity contribution < 1.29 is 12.3 Å². The normalized spacial score (nSPS) is 14.1. The van der Waals surface area contributed by atoms with Gasteiger partial charge in [0.15, 0.2) is 25.0 Å². The Bertz CT molecular complexity index is 351. The molecule has 0 aromatic carbocycles. The minimum absolute atomic E-state index is 0.964. The summed E-state index contributed by atoms with van der Waals surface area (Å²) in [6, 6.07) is 0. The summed E-state index contributed by atoms with van der Waals surface area (Å²) in [5, 5.41) is 1.10. The highest BCUT2D eigenvalue weighted by molar-refractivity contribution is 6.92. The van der Waals surface area contributed by atoms with Crippen LogP contribution in [0.15, 0.2) is 11.8 Å². The molecule has 0 aromatic rings. The van der Waals surface area contributed by atoms with E-state index in [2.05, 4.69) is 72.4 Å².